The molecule has 0 rings (SSSR count). The van der Waals surface area contributed by atoms with Gasteiger partial charge in [0.1, 0.15) is 5.71 Å². The number of carbonyl (C=O) groups is 2. The fourth-order valence-electron chi connectivity index (χ4n) is 0.213. The third-order valence-corrected chi connectivity index (χ3v) is 0.587. The van der Waals surface area contributed by atoms with Gasteiger partial charge in [-0.25, -0.2) is 9.59 Å². The molecular formula is C4H6N2O3. The maximum Gasteiger partial charge on any atom is 0.350 e. The van der Waals surface area contributed by atoms with Crippen LogP contribution >= 0.6 is 0 Å². The Bertz CT molecular complexity index is 173. The maximum atomic E-state index is 9.90. The summed E-state index contributed by atoms with van der Waals surface area (Å²) in [5, 5.41) is 8.09. The van der Waals surface area contributed by atoms with Crippen LogP contribution in [0.25, 0.3) is 0 Å². The van der Waals surface area contributed by atoms with E-state index < -0.39 is 12.0 Å². The van der Waals surface area contributed by atoms with Crippen LogP contribution in [0.4, 0.5) is 4.79 Å². The summed E-state index contributed by atoms with van der Waals surface area (Å²) in [5.74, 6) is -1.24. The number of carboxylic acid groups (broad SMARTS) is 1. The van der Waals surface area contributed by atoms with E-state index in [1.54, 1.807) is 0 Å². The minimum atomic E-state index is -1.24. The van der Waals surface area contributed by atoms with E-state index in [9.17, 15) is 9.59 Å². The summed E-state index contributed by atoms with van der Waals surface area (Å²) in [7, 11) is 0. The number of carbonyl (C=O) groups excluding carboxylic acids is 1. The van der Waals surface area contributed by atoms with Crippen molar-refractivity contribution in [3.63, 3.8) is 0 Å². The average molecular weight is 130 g/mol. The zero-order valence-corrected chi connectivity index (χ0v) is 4.79. The van der Waals surface area contributed by atoms with Crippen LogP contribution in [0.2, 0.25) is 0 Å². The summed E-state index contributed by atoms with van der Waals surface area (Å²) in [6.07, 6.45) is 0. The molecule has 0 saturated heterocycles. The molecule has 9 heavy (non-hydrogen) atoms. The van der Waals surface area contributed by atoms with Crippen LogP contribution in [0.15, 0.2) is 4.99 Å². The number of hydrogen-bond donors (Lipinski definition) is 2. The van der Waals surface area contributed by atoms with E-state index in [-0.39, 0.29) is 5.71 Å². The van der Waals surface area contributed by atoms with Crippen LogP contribution in [0.1, 0.15) is 6.92 Å². The highest BCUT2D eigenvalue weighted by atomic mass is 16.4. The fraction of sp³-hybridized carbons (Fsp3) is 0.250. The topological polar surface area (TPSA) is 92.8 Å². The Kier molecular flexibility index (Phi) is 2.37. The Balaban J connectivity index is 4.17. The molecular weight excluding hydrogens is 124 g/mol. The van der Waals surface area contributed by atoms with Gasteiger partial charge in [0.15, 0.2) is 0 Å². The lowest BCUT2D eigenvalue weighted by Gasteiger charge is -1.86. The highest BCUT2D eigenvalue weighted by molar-refractivity contribution is 6.36. The lowest BCUT2D eigenvalue weighted by atomic mass is 10.4. The Labute approximate surface area is 51.2 Å². The number of aliphatic imine (C=N–C) groups is 1. The maximum absolute atomic E-state index is 9.90. The van der Waals surface area contributed by atoms with Gasteiger partial charge in [0.2, 0.25) is 0 Å². The summed E-state index contributed by atoms with van der Waals surface area (Å²) in [4.78, 5) is 22.7. The summed E-state index contributed by atoms with van der Waals surface area (Å²) in [5.41, 5.74) is 4.24. The normalized spacial score (nSPS) is 11.0. The summed E-state index contributed by atoms with van der Waals surface area (Å²) in [6.45, 7) is 1.19. The second-order valence-corrected chi connectivity index (χ2v) is 1.34. The molecule has 0 aliphatic carbocycles. The molecule has 0 radical (unpaired) electrons. The van der Waals surface area contributed by atoms with Gasteiger partial charge in [-0.1, -0.05) is 0 Å². The minimum absolute atomic E-state index is 0.303. The molecule has 0 atom stereocenters. The molecule has 0 unspecified atom stereocenters. The quantitative estimate of drug-likeness (QED) is 0.473. The van der Waals surface area contributed by atoms with Gasteiger partial charge >= 0.3 is 12.0 Å². The van der Waals surface area contributed by atoms with E-state index >= 15 is 0 Å². The number of nitrogens with zero attached hydrogens (tertiary/aromatic N) is 1. The van der Waals surface area contributed by atoms with Crippen LogP contribution in [-0.4, -0.2) is 22.8 Å². The van der Waals surface area contributed by atoms with E-state index in [0.717, 1.165) is 0 Å². The van der Waals surface area contributed by atoms with Crippen molar-refractivity contribution in [2.24, 2.45) is 10.7 Å². The Morgan fingerprint density at radius 2 is 2.00 bits per heavy atom. The van der Waals surface area contributed by atoms with Crippen molar-refractivity contribution in [2.75, 3.05) is 0 Å². The first-order chi connectivity index (χ1) is 4.04. The second kappa shape index (κ2) is 2.81. The number of primary amides is 1. The average Bonchev–Trinajstić information content (AvgIpc) is 1.63. The van der Waals surface area contributed by atoms with Gasteiger partial charge in [0, 0.05) is 0 Å². The molecule has 0 saturated carbocycles. The van der Waals surface area contributed by atoms with Crippen molar-refractivity contribution in [3.05, 3.63) is 0 Å². The molecule has 0 aliphatic heterocycles. The van der Waals surface area contributed by atoms with Crippen LogP contribution in [0.3, 0.4) is 0 Å². The first kappa shape index (κ1) is 7.61. The molecule has 0 bridgehead atoms. The van der Waals surface area contributed by atoms with Crippen LogP contribution in [-0.2, 0) is 4.79 Å². The lowest BCUT2D eigenvalue weighted by molar-refractivity contribution is -0.129. The van der Waals surface area contributed by atoms with Crippen molar-refractivity contribution in [1.82, 2.24) is 0 Å². The lowest BCUT2D eigenvalue weighted by Crippen LogP contribution is -2.14. The molecule has 0 heterocycles. The van der Waals surface area contributed by atoms with Gasteiger partial charge < -0.3 is 10.8 Å². The van der Waals surface area contributed by atoms with Crippen molar-refractivity contribution < 1.29 is 14.7 Å². The van der Waals surface area contributed by atoms with Crippen molar-refractivity contribution >= 4 is 17.7 Å². The smallest absolute Gasteiger partial charge is 0.350 e. The van der Waals surface area contributed by atoms with Gasteiger partial charge in [-0.05, 0) is 6.92 Å². The summed E-state index contributed by atoms with van der Waals surface area (Å²) in [6, 6.07) is -0.991. The number of hydrogen-bond acceptors (Lipinski definition) is 2. The predicted molar refractivity (Wildman–Crippen MR) is 30.3 cm³/mol. The third-order valence-electron chi connectivity index (χ3n) is 0.587. The molecule has 50 valence electrons. The van der Waals surface area contributed by atoms with E-state index in [1.165, 1.54) is 6.92 Å². The van der Waals surface area contributed by atoms with Gasteiger partial charge in [-0.2, -0.15) is 4.99 Å². The fourth-order valence-corrected chi connectivity index (χ4v) is 0.213. The predicted octanol–water partition coefficient (Wildman–Crippen LogP) is -0.389. The Morgan fingerprint density at radius 3 is 2.11 bits per heavy atom. The monoisotopic (exact) mass is 130 g/mol. The summed E-state index contributed by atoms with van der Waals surface area (Å²) >= 11 is 0. The SMILES string of the molecule is C/C(=N\C(N)=O)C(=O)O. The molecule has 0 aliphatic rings. The zero-order valence-electron chi connectivity index (χ0n) is 4.79. The standard InChI is InChI=1S/C4H6N2O3/c1-2(3(7)8)6-4(5)9/h1H3,(H2,5,9)(H,7,8)/b6-2+. The molecule has 5 heteroatoms. The van der Waals surface area contributed by atoms with E-state index in [1.807, 2.05) is 0 Å². The van der Waals surface area contributed by atoms with E-state index in [0.29, 0.717) is 0 Å². The molecule has 0 aromatic rings. The van der Waals surface area contributed by atoms with Crippen LogP contribution in [0, 0.1) is 0 Å². The Morgan fingerprint density at radius 1 is 1.56 bits per heavy atom. The van der Waals surface area contributed by atoms with Gasteiger partial charge in [0.05, 0.1) is 0 Å². The Hall–Kier alpha value is -1.39. The molecule has 0 fully saturated rings. The van der Waals surface area contributed by atoms with Crippen molar-refractivity contribution in [1.29, 1.82) is 0 Å². The van der Waals surface area contributed by atoms with Gasteiger partial charge in [-0.3, -0.25) is 0 Å². The molecule has 3 N–H and O–H groups in total. The number of rotatable bonds is 1. The molecule has 5 nitrogen and oxygen atoms in total. The van der Waals surface area contributed by atoms with Crippen LogP contribution < -0.4 is 5.73 Å². The van der Waals surface area contributed by atoms with Gasteiger partial charge in [-0.15, -0.1) is 0 Å². The van der Waals surface area contributed by atoms with E-state index in [2.05, 4.69) is 10.7 Å². The minimum Gasteiger partial charge on any atom is -0.477 e. The highest BCUT2D eigenvalue weighted by Gasteiger charge is 2.01. The number of urea groups is 1. The van der Waals surface area contributed by atoms with Gasteiger partial charge in [0.25, 0.3) is 0 Å². The van der Waals surface area contributed by atoms with E-state index in [4.69, 9.17) is 5.11 Å². The first-order valence-electron chi connectivity index (χ1n) is 2.12. The second-order valence-electron chi connectivity index (χ2n) is 1.34. The molecule has 0 aromatic heterocycles. The third kappa shape index (κ3) is 3.22. The first-order valence-corrected chi connectivity index (χ1v) is 2.12. The van der Waals surface area contributed by atoms with Crippen molar-refractivity contribution in [3.8, 4) is 0 Å². The molecule has 0 aromatic carbocycles. The zero-order chi connectivity index (χ0) is 7.44. The number of nitrogens with two attached hydrogens (primary N) is 1. The summed E-state index contributed by atoms with van der Waals surface area (Å²) < 4.78 is 0. The number of carboxylic acids is 1. The number of aliphatic carboxylic acids is 1. The molecule has 0 spiro atoms. The largest absolute Gasteiger partial charge is 0.477 e. The highest BCUT2D eigenvalue weighted by Crippen LogP contribution is 1.76. The molecule has 2 amide bonds. The van der Waals surface area contributed by atoms with Crippen molar-refractivity contribution in [2.45, 2.75) is 6.92 Å². The van der Waals surface area contributed by atoms with Crippen LogP contribution in [0.5, 0.6) is 0 Å². The number of amides is 2.